The van der Waals surface area contributed by atoms with Gasteiger partial charge in [0.25, 0.3) is 0 Å². The fourth-order valence-corrected chi connectivity index (χ4v) is 2.53. The van der Waals surface area contributed by atoms with E-state index in [1.807, 2.05) is 0 Å². The molecule has 1 fully saturated rings. The molecule has 0 amide bonds. The highest BCUT2D eigenvalue weighted by molar-refractivity contribution is 5.93. The summed E-state index contributed by atoms with van der Waals surface area (Å²) in [7, 11) is 0. The molecule has 0 bridgehead atoms. The molecule has 1 aromatic heterocycles. The van der Waals surface area contributed by atoms with Gasteiger partial charge in [-0.1, -0.05) is 12.1 Å². The number of aromatic nitrogens is 1. The molecule has 2 N–H and O–H groups in total. The van der Waals surface area contributed by atoms with Crippen LogP contribution in [-0.4, -0.2) is 24.1 Å². The van der Waals surface area contributed by atoms with E-state index in [9.17, 15) is 13.2 Å². The Kier molecular flexibility index (Phi) is 4.58. The number of hydrogen-bond acceptors (Lipinski definition) is 3. The molecule has 114 valence electrons. The van der Waals surface area contributed by atoms with Crippen LogP contribution in [-0.2, 0) is 6.18 Å². The highest BCUT2D eigenvalue weighted by Gasteiger charge is 2.33. The average molecular weight is 318 g/mol. The van der Waals surface area contributed by atoms with E-state index in [2.05, 4.69) is 15.6 Å². The van der Waals surface area contributed by atoms with Gasteiger partial charge in [-0.25, -0.2) is 0 Å². The largest absolute Gasteiger partial charge is 0.418 e. The Labute approximate surface area is 126 Å². The van der Waals surface area contributed by atoms with Crippen LogP contribution in [0.3, 0.4) is 0 Å². The molecule has 21 heavy (non-hydrogen) atoms. The van der Waals surface area contributed by atoms with E-state index in [1.165, 1.54) is 12.3 Å². The van der Waals surface area contributed by atoms with Gasteiger partial charge in [0.05, 0.1) is 11.1 Å². The monoisotopic (exact) mass is 317 g/mol. The Morgan fingerprint density at radius 1 is 1.24 bits per heavy atom. The Hall–Kier alpha value is -1.53. The van der Waals surface area contributed by atoms with Gasteiger partial charge >= 0.3 is 6.18 Å². The maximum absolute atomic E-state index is 13.0. The Balaban J connectivity index is 0.00000161. The number of nitrogens with zero attached hydrogens (tertiary/aromatic N) is 1. The number of anilines is 1. The first kappa shape index (κ1) is 15.9. The van der Waals surface area contributed by atoms with Crippen molar-refractivity contribution in [3.8, 4) is 0 Å². The lowest BCUT2D eigenvalue weighted by Gasteiger charge is -2.16. The molecule has 1 aliphatic rings. The van der Waals surface area contributed by atoms with Gasteiger partial charge in [-0.2, -0.15) is 13.2 Å². The number of pyridine rings is 1. The van der Waals surface area contributed by atoms with E-state index in [0.717, 1.165) is 25.6 Å². The summed E-state index contributed by atoms with van der Waals surface area (Å²) >= 11 is 0. The van der Waals surface area contributed by atoms with Gasteiger partial charge in [0, 0.05) is 29.9 Å². The fraction of sp³-hybridized carbons (Fsp3) is 0.357. The minimum Gasteiger partial charge on any atom is -0.380 e. The van der Waals surface area contributed by atoms with Gasteiger partial charge in [-0.3, -0.25) is 4.98 Å². The van der Waals surface area contributed by atoms with Crippen molar-refractivity contribution < 1.29 is 13.2 Å². The zero-order valence-electron chi connectivity index (χ0n) is 11.1. The summed E-state index contributed by atoms with van der Waals surface area (Å²) in [6.07, 6.45) is -2.01. The van der Waals surface area contributed by atoms with Gasteiger partial charge < -0.3 is 10.6 Å². The second kappa shape index (κ2) is 6.07. The SMILES string of the molecule is Cl.FC(F)(F)c1cccc2c(N[C@@H]3CCNC3)ccnc12. The average Bonchev–Trinajstić information content (AvgIpc) is 2.90. The van der Waals surface area contributed by atoms with Crippen molar-refractivity contribution in [3.63, 3.8) is 0 Å². The maximum Gasteiger partial charge on any atom is 0.418 e. The fourth-order valence-electron chi connectivity index (χ4n) is 2.53. The van der Waals surface area contributed by atoms with Crippen LogP contribution in [0.25, 0.3) is 10.9 Å². The van der Waals surface area contributed by atoms with Crippen molar-refractivity contribution in [1.82, 2.24) is 10.3 Å². The summed E-state index contributed by atoms with van der Waals surface area (Å²) in [5.74, 6) is 0. The summed E-state index contributed by atoms with van der Waals surface area (Å²) in [4.78, 5) is 3.91. The molecule has 0 saturated carbocycles. The van der Waals surface area contributed by atoms with Crippen molar-refractivity contribution in [2.24, 2.45) is 0 Å². The van der Waals surface area contributed by atoms with Gasteiger partial charge in [0.1, 0.15) is 0 Å². The third-order valence-electron chi connectivity index (χ3n) is 3.50. The third-order valence-corrected chi connectivity index (χ3v) is 3.50. The van der Waals surface area contributed by atoms with Gasteiger partial charge in [0.2, 0.25) is 0 Å². The van der Waals surface area contributed by atoms with Gasteiger partial charge in [0.15, 0.2) is 0 Å². The van der Waals surface area contributed by atoms with E-state index in [4.69, 9.17) is 0 Å². The number of fused-ring (bicyclic) bond motifs is 1. The van der Waals surface area contributed by atoms with Crippen LogP contribution >= 0.6 is 12.4 Å². The minimum atomic E-state index is -4.39. The van der Waals surface area contributed by atoms with Crippen LogP contribution in [0.2, 0.25) is 0 Å². The third kappa shape index (κ3) is 3.22. The molecular formula is C14H15ClF3N3. The number of hydrogen-bond donors (Lipinski definition) is 2. The van der Waals surface area contributed by atoms with Gasteiger partial charge in [-0.15, -0.1) is 12.4 Å². The van der Waals surface area contributed by atoms with E-state index in [0.29, 0.717) is 11.1 Å². The van der Waals surface area contributed by atoms with Crippen LogP contribution < -0.4 is 10.6 Å². The molecule has 0 unspecified atom stereocenters. The maximum atomic E-state index is 13.0. The molecule has 2 aromatic rings. The molecule has 2 heterocycles. The van der Waals surface area contributed by atoms with E-state index in [-0.39, 0.29) is 24.0 Å². The lowest BCUT2D eigenvalue weighted by molar-refractivity contribution is -0.136. The van der Waals surface area contributed by atoms with Crippen LogP contribution in [0.1, 0.15) is 12.0 Å². The molecule has 7 heteroatoms. The molecule has 1 saturated heterocycles. The standard InChI is InChI=1S/C14H14F3N3.ClH/c15-14(16,17)11-3-1-2-10-12(5-7-19-13(10)11)20-9-4-6-18-8-9;/h1-3,5,7,9,18H,4,6,8H2,(H,19,20);1H/t9-;/m1./s1. The molecule has 0 aliphatic carbocycles. The first-order chi connectivity index (χ1) is 9.55. The van der Waals surface area contributed by atoms with Crippen LogP contribution in [0.5, 0.6) is 0 Å². The summed E-state index contributed by atoms with van der Waals surface area (Å²) in [6, 6.07) is 6.12. The van der Waals surface area contributed by atoms with Crippen molar-refractivity contribution in [3.05, 3.63) is 36.0 Å². The lowest BCUT2D eigenvalue weighted by Crippen LogP contribution is -2.22. The van der Waals surface area contributed by atoms with Gasteiger partial charge in [-0.05, 0) is 25.1 Å². The molecule has 0 spiro atoms. The topological polar surface area (TPSA) is 37.0 Å². The second-order valence-corrected chi connectivity index (χ2v) is 4.89. The zero-order chi connectivity index (χ0) is 14.2. The summed E-state index contributed by atoms with van der Waals surface area (Å²) in [5.41, 5.74) is 0.00829. The number of benzene rings is 1. The van der Waals surface area contributed by atoms with Crippen molar-refractivity contribution in [2.45, 2.75) is 18.6 Å². The van der Waals surface area contributed by atoms with Crippen molar-refractivity contribution >= 4 is 29.0 Å². The Morgan fingerprint density at radius 2 is 2.05 bits per heavy atom. The smallest absolute Gasteiger partial charge is 0.380 e. The Bertz CT molecular complexity index is 624. The molecule has 3 rings (SSSR count). The van der Waals surface area contributed by atoms with E-state index >= 15 is 0 Å². The van der Waals surface area contributed by atoms with Crippen LogP contribution in [0, 0.1) is 0 Å². The van der Waals surface area contributed by atoms with E-state index < -0.39 is 11.7 Å². The summed E-state index contributed by atoms with van der Waals surface area (Å²) < 4.78 is 39.0. The van der Waals surface area contributed by atoms with E-state index in [1.54, 1.807) is 12.1 Å². The summed E-state index contributed by atoms with van der Waals surface area (Å²) in [6.45, 7) is 1.75. The molecular weight excluding hydrogens is 303 g/mol. The normalized spacial score (nSPS) is 18.5. The van der Waals surface area contributed by atoms with Crippen molar-refractivity contribution in [1.29, 1.82) is 0 Å². The number of nitrogens with one attached hydrogen (secondary N) is 2. The lowest BCUT2D eigenvalue weighted by atomic mass is 10.1. The molecule has 0 radical (unpaired) electrons. The number of halogens is 4. The predicted molar refractivity (Wildman–Crippen MR) is 78.9 cm³/mol. The van der Waals surface area contributed by atoms with Crippen LogP contribution in [0.4, 0.5) is 18.9 Å². The molecule has 1 atom stereocenters. The second-order valence-electron chi connectivity index (χ2n) is 4.89. The first-order valence-corrected chi connectivity index (χ1v) is 6.48. The number of rotatable bonds is 2. The molecule has 3 nitrogen and oxygen atoms in total. The molecule has 1 aliphatic heterocycles. The van der Waals surface area contributed by atoms with Crippen LogP contribution in [0.15, 0.2) is 30.5 Å². The quantitative estimate of drug-likeness (QED) is 0.891. The predicted octanol–water partition coefficient (Wildman–Crippen LogP) is 3.45. The number of para-hydroxylation sites is 1. The Morgan fingerprint density at radius 3 is 2.71 bits per heavy atom. The minimum absolute atomic E-state index is 0. The number of alkyl halides is 3. The highest BCUT2D eigenvalue weighted by atomic mass is 35.5. The highest BCUT2D eigenvalue weighted by Crippen LogP contribution is 2.35. The van der Waals surface area contributed by atoms with Crippen molar-refractivity contribution in [2.75, 3.05) is 18.4 Å². The first-order valence-electron chi connectivity index (χ1n) is 6.48. The summed E-state index contributed by atoms with van der Waals surface area (Å²) in [5, 5.41) is 7.02. The zero-order valence-corrected chi connectivity index (χ0v) is 11.9. The molecule has 1 aromatic carbocycles.